The molecule has 1 heterocycles. The van der Waals surface area contributed by atoms with Crippen LogP contribution in [0.5, 0.6) is 0 Å². The van der Waals surface area contributed by atoms with Crippen LogP contribution in [-0.2, 0) is 14.3 Å². The Morgan fingerprint density at radius 2 is 2.12 bits per heavy atom. The van der Waals surface area contributed by atoms with E-state index in [1.807, 2.05) is 0 Å². The first-order chi connectivity index (χ1) is 7.78. The fourth-order valence-corrected chi connectivity index (χ4v) is 1.96. The summed E-state index contributed by atoms with van der Waals surface area (Å²) in [5.74, 6) is -1.67. The first kappa shape index (κ1) is 14.1. The Balaban J connectivity index is 2.54. The molecule has 0 aromatic heterocycles. The number of rotatable bonds is 4. The summed E-state index contributed by atoms with van der Waals surface area (Å²) >= 11 is 4.71. The molecule has 2 atom stereocenters. The maximum absolute atomic E-state index is 10.7. The van der Waals surface area contributed by atoms with Crippen molar-refractivity contribution in [2.75, 3.05) is 6.54 Å². The van der Waals surface area contributed by atoms with Crippen molar-refractivity contribution < 1.29 is 19.4 Å². The monoisotopic (exact) mass is 262 g/mol. The van der Waals surface area contributed by atoms with Gasteiger partial charge in [-0.25, -0.2) is 0 Å². The summed E-state index contributed by atoms with van der Waals surface area (Å²) in [6.07, 6.45) is -0.0409. The smallest absolute Gasteiger partial charge is 0.305 e. The zero-order valence-corrected chi connectivity index (χ0v) is 10.8. The normalized spacial score (nSPS) is 27.4. The highest BCUT2D eigenvalue weighted by Crippen LogP contribution is 2.27. The van der Waals surface area contributed by atoms with Crippen LogP contribution in [0.2, 0.25) is 0 Å². The number of carbonyl (C=O) groups is 1. The summed E-state index contributed by atoms with van der Waals surface area (Å²) in [7, 11) is 0. The molecule has 6 nitrogen and oxygen atoms in total. The SMILES string of the molecule is CC1(C)O[C@H](CNC(N)=S)C[C@H](CC(=O)O)O1. The predicted octanol–water partition coefficient (Wildman–Crippen LogP) is 0.205. The highest BCUT2D eigenvalue weighted by atomic mass is 32.1. The van der Waals surface area contributed by atoms with E-state index in [1.165, 1.54) is 0 Å². The molecule has 4 N–H and O–H groups in total. The van der Waals surface area contributed by atoms with E-state index in [9.17, 15) is 4.79 Å². The number of aliphatic carboxylic acids is 1. The van der Waals surface area contributed by atoms with E-state index in [0.29, 0.717) is 13.0 Å². The largest absolute Gasteiger partial charge is 0.481 e. The molecule has 7 heteroatoms. The highest BCUT2D eigenvalue weighted by molar-refractivity contribution is 7.80. The van der Waals surface area contributed by atoms with E-state index < -0.39 is 11.8 Å². The van der Waals surface area contributed by atoms with E-state index in [2.05, 4.69) is 5.32 Å². The van der Waals surface area contributed by atoms with E-state index in [0.717, 1.165) is 0 Å². The topological polar surface area (TPSA) is 93.8 Å². The molecule has 17 heavy (non-hydrogen) atoms. The zero-order chi connectivity index (χ0) is 13.1. The molecule has 0 unspecified atom stereocenters. The maximum Gasteiger partial charge on any atom is 0.305 e. The summed E-state index contributed by atoms with van der Waals surface area (Å²) in [6, 6.07) is 0. The Kier molecular flexibility index (Phi) is 4.67. The Bertz CT molecular complexity index is 309. The summed E-state index contributed by atoms with van der Waals surface area (Å²) in [5, 5.41) is 11.8. The molecular weight excluding hydrogens is 244 g/mol. The third-order valence-corrected chi connectivity index (χ3v) is 2.48. The van der Waals surface area contributed by atoms with Gasteiger partial charge in [-0.05, 0) is 26.1 Å². The molecule has 1 rings (SSSR count). The maximum atomic E-state index is 10.7. The van der Waals surface area contributed by atoms with Crippen LogP contribution in [-0.4, -0.2) is 40.7 Å². The lowest BCUT2D eigenvalue weighted by molar-refractivity contribution is -0.297. The molecule has 1 aliphatic heterocycles. The lowest BCUT2D eigenvalue weighted by Crippen LogP contribution is -2.49. The molecule has 0 aromatic carbocycles. The van der Waals surface area contributed by atoms with Gasteiger partial charge in [0.2, 0.25) is 0 Å². The molecular formula is C10H18N2O4S. The van der Waals surface area contributed by atoms with E-state index in [-0.39, 0.29) is 23.7 Å². The number of nitrogens with two attached hydrogens (primary N) is 1. The molecule has 0 aromatic rings. The zero-order valence-electron chi connectivity index (χ0n) is 9.93. The molecule has 0 radical (unpaired) electrons. The molecule has 0 aliphatic carbocycles. The fraction of sp³-hybridized carbons (Fsp3) is 0.800. The van der Waals surface area contributed by atoms with Crippen molar-refractivity contribution in [3.63, 3.8) is 0 Å². The van der Waals surface area contributed by atoms with Crippen LogP contribution in [0.25, 0.3) is 0 Å². The van der Waals surface area contributed by atoms with Crippen molar-refractivity contribution in [2.45, 2.75) is 44.7 Å². The third-order valence-electron chi connectivity index (χ3n) is 2.33. The van der Waals surface area contributed by atoms with Gasteiger partial charge in [0, 0.05) is 13.0 Å². The lowest BCUT2D eigenvalue weighted by Gasteiger charge is -2.40. The van der Waals surface area contributed by atoms with Gasteiger partial charge in [-0.2, -0.15) is 0 Å². The molecule has 0 bridgehead atoms. The number of thiocarbonyl (C=S) groups is 1. The molecule has 1 aliphatic rings. The van der Waals surface area contributed by atoms with Gasteiger partial charge in [-0.15, -0.1) is 0 Å². The average Bonchev–Trinajstić information content (AvgIpc) is 2.10. The quantitative estimate of drug-likeness (QED) is 0.623. The van der Waals surface area contributed by atoms with E-state index in [1.54, 1.807) is 13.8 Å². The summed E-state index contributed by atoms with van der Waals surface area (Å²) in [4.78, 5) is 10.7. The van der Waals surface area contributed by atoms with Crippen molar-refractivity contribution in [1.29, 1.82) is 0 Å². The van der Waals surface area contributed by atoms with E-state index >= 15 is 0 Å². The van der Waals surface area contributed by atoms with Gasteiger partial charge in [0.15, 0.2) is 10.9 Å². The minimum atomic E-state index is -0.881. The summed E-state index contributed by atoms with van der Waals surface area (Å²) in [6.45, 7) is 3.97. The Morgan fingerprint density at radius 1 is 1.53 bits per heavy atom. The van der Waals surface area contributed by atoms with Gasteiger partial charge >= 0.3 is 5.97 Å². The minimum absolute atomic E-state index is 0.0314. The number of hydrogen-bond acceptors (Lipinski definition) is 4. The standard InChI is InChI=1S/C10H18N2O4S/c1-10(2)15-6(4-8(13)14)3-7(16-10)5-12-9(11)17/h6-7H,3-5H2,1-2H3,(H,13,14)(H3,11,12,17)/t6-,7+/m1/s1. The number of carboxylic acids is 1. The fourth-order valence-electron chi connectivity index (χ4n) is 1.88. The molecule has 0 saturated carbocycles. The third kappa shape index (κ3) is 5.29. The van der Waals surface area contributed by atoms with Gasteiger partial charge in [-0.1, -0.05) is 0 Å². The first-order valence-electron chi connectivity index (χ1n) is 5.39. The van der Waals surface area contributed by atoms with Crippen LogP contribution in [0.15, 0.2) is 0 Å². The Hall–Kier alpha value is -0.920. The van der Waals surface area contributed by atoms with Gasteiger partial charge in [0.25, 0.3) is 0 Å². The van der Waals surface area contributed by atoms with Crippen LogP contribution in [0.1, 0.15) is 26.7 Å². The minimum Gasteiger partial charge on any atom is -0.481 e. The van der Waals surface area contributed by atoms with Gasteiger partial charge in [0.1, 0.15) is 0 Å². The lowest BCUT2D eigenvalue weighted by atomic mass is 10.1. The van der Waals surface area contributed by atoms with Crippen molar-refractivity contribution in [3.05, 3.63) is 0 Å². The second-order valence-corrected chi connectivity index (χ2v) is 4.90. The van der Waals surface area contributed by atoms with Crippen molar-refractivity contribution in [3.8, 4) is 0 Å². The molecule has 98 valence electrons. The van der Waals surface area contributed by atoms with Crippen LogP contribution in [0.4, 0.5) is 0 Å². The van der Waals surface area contributed by atoms with E-state index in [4.69, 9.17) is 32.5 Å². The summed E-state index contributed by atoms with van der Waals surface area (Å²) < 4.78 is 11.2. The van der Waals surface area contributed by atoms with Crippen molar-refractivity contribution in [1.82, 2.24) is 5.32 Å². The number of nitrogens with one attached hydrogen (secondary N) is 1. The van der Waals surface area contributed by atoms with Gasteiger partial charge < -0.3 is 25.6 Å². The second-order valence-electron chi connectivity index (χ2n) is 4.46. The van der Waals surface area contributed by atoms with Gasteiger partial charge in [-0.3, -0.25) is 4.79 Å². The Morgan fingerprint density at radius 3 is 2.65 bits per heavy atom. The predicted molar refractivity (Wildman–Crippen MR) is 65.5 cm³/mol. The molecule has 1 saturated heterocycles. The first-order valence-corrected chi connectivity index (χ1v) is 5.80. The van der Waals surface area contributed by atoms with Gasteiger partial charge in [0.05, 0.1) is 18.6 Å². The highest BCUT2D eigenvalue weighted by Gasteiger charge is 2.36. The van der Waals surface area contributed by atoms with Crippen LogP contribution >= 0.6 is 12.2 Å². The number of ether oxygens (including phenoxy) is 2. The van der Waals surface area contributed by atoms with Crippen molar-refractivity contribution >= 4 is 23.3 Å². The molecule has 1 fully saturated rings. The van der Waals surface area contributed by atoms with Crippen molar-refractivity contribution in [2.24, 2.45) is 5.73 Å². The Labute approximate surface area is 105 Å². The number of carboxylic acid groups (broad SMARTS) is 1. The molecule has 0 spiro atoms. The second kappa shape index (κ2) is 5.61. The average molecular weight is 262 g/mol. The number of hydrogen-bond donors (Lipinski definition) is 3. The van der Waals surface area contributed by atoms with Crippen LogP contribution < -0.4 is 11.1 Å². The molecule has 0 amide bonds. The summed E-state index contributed by atoms with van der Waals surface area (Å²) in [5.41, 5.74) is 5.33. The van der Waals surface area contributed by atoms with Crippen LogP contribution in [0, 0.1) is 0 Å². The van der Waals surface area contributed by atoms with Crippen LogP contribution in [0.3, 0.4) is 0 Å².